The first-order chi connectivity index (χ1) is 15.5. The van der Waals surface area contributed by atoms with Crippen LogP contribution < -0.4 is 5.32 Å². The molecule has 5 atom stereocenters. The minimum absolute atomic E-state index is 0.230. The molecule has 2 aliphatic carbocycles. The zero-order valence-corrected chi connectivity index (χ0v) is 20.2. The van der Waals surface area contributed by atoms with E-state index in [2.05, 4.69) is 47.6 Å². The first-order valence-corrected chi connectivity index (χ1v) is 12.8. The molecule has 1 aromatic heterocycles. The van der Waals surface area contributed by atoms with Crippen molar-refractivity contribution in [1.29, 1.82) is 0 Å². The number of hydrogen-bond donors (Lipinski definition) is 3. The third-order valence-electron chi connectivity index (χ3n) is 7.36. The van der Waals surface area contributed by atoms with Crippen LogP contribution in [-0.2, 0) is 6.54 Å². The number of allylic oxidation sites excluding steroid dienone is 2. The van der Waals surface area contributed by atoms with Gasteiger partial charge in [0.1, 0.15) is 0 Å². The predicted molar refractivity (Wildman–Crippen MR) is 132 cm³/mol. The highest BCUT2D eigenvalue weighted by molar-refractivity contribution is 5.20. The number of pyridine rings is 1. The fourth-order valence-electron chi connectivity index (χ4n) is 5.44. The van der Waals surface area contributed by atoms with Gasteiger partial charge in [-0.3, -0.25) is 4.98 Å². The third-order valence-corrected chi connectivity index (χ3v) is 7.36. The van der Waals surface area contributed by atoms with Gasteiger partial charge in [0, 0.05) is 24.9 Å². The van der Waals surface area contributed by atoms with Crippen LogP contribution in [0.25, 0.3) is 0 Å². The molecule has 1 saturated carbocycles. The van der Waals surface area contributed by atoms with Gasteiger partial charge in [0.05, 0.1) is 11.7 Å². The van der Waals surface area contributed by atoms with E-state index in [0.717, 1.165) is 45.2 Å². The average Bonchev–Trinajstić information content (AvgIpc) is 3.29. The highest BCUT2D eigenvalue weighted by Crippen LogP contribution is 2.48. The van der Waals surface area contributed by atoms with Gasteiger partial charge >= 0.3 is 0 Å². The first-order valence-electron chi connectivity index (χ1n) is 12.8. The Morgan fingerprint density at radius 3 is 2.78 bits per heavy atom. The summed E-state index contributed by atoms with van der Waals surface area (Å²) in [7, 11) is 0. The molecule has 0 aliphatic heterocycles. The normalized spacial score (nSPS) is 26.9. The minimum atomic E-state index is -0.623. The van der Waals surface area contributed by atoms with Crippen molar-refractivity contribution in [3.05, 3.63) is 53.9 Å². The van der Waals surface area contributed by atoms with Crippen LogP contribution in [0.2, 0.25) is 0 Å². The molecule has 3 rings (SSSR count). The van der Waals surface area contributed by atoms with Crippen molar-refractivity contribution < 1.29 is 10.2 Å². The molecule has 0 saturated heterocycles. The highest BCUT2D eigenvalue weighted by Gasteiger charge is 2.43. The number of hydrogen-bond acceptors (Lipinski definition) is 4. The quantitative estimate of drug-likeness (QED) is 0.262. The minimum Gasteiger partial charge on any atom is -0.392 e. The second kappa shape index (κ2) is 12.7. The summed E-state index contributed by atoms with van der Waals surface area (Å²) in [6.45, 7) is 6.08. The van der Waals surface area contributed by atoms with E-state index in [9.17, 15) is 10.2 Å². The van der Waals surface area contributed by atoms with Crippen LogP contribution in [0.15, 0.2) is 48.3 Å². The van der Waals surface area contributed by atoms with Crippen molar-refractivity contribution >= 4 is 0 Å². The number of aliphatic hydroxyl groups excluding tert-OH is 1. The Morgan fingerprint density at radius 1 is 1.19 bits per heavy atom. The fraction of sp³-hybridized carbons (Fsp3) is 0.679. The van der Waals surface area contributed by atoms with E-state index in [-0.39, 0.29) is 12.0 Å². The van der Waals surface area contributed by atoms with Crippen LogP contribution in [0.5, 0.6) is 0 Å². The molecule has 1 aromatic rings. The largest absolute Gasteiger partial charge is 0.392 e. The van der Waals surface area contributed by atoms with Gasteiger partial charge in [0.2, 0.25) is 0 Å². The molecule has 32 heavy (non-hydrogen) atoms. The number of unbranched alkanes of at least 4 members (excludes halogenated alkanes) is 3. The molecule has 3 N–H and O–H groups in total. The van der Waals surface area contributed by atoms with Gasteiger partial charge in [-0.1, -0.05) is 50.0 Å². The lowest BCUT2D eigenvalue weighted by Gasteiger charge is -2.22. The second-order valence-electron chi connectivity index (χ2n) is 10.3. The van der Waals surface area contributed by atoms with Crippen molar-refractivity contribution in [3.63, 3.8) is 0 Å². The van der Waals surface area contributed by atoms with Crippen molar-refractivity contribution in [2.75, 3.05) is 6.54 Å². The van der Waals surface area contributed by atoms with Gasteiger partial charge in [-0.25, -0.2) is 0 Å². The molecule has 0 spiro atoms. The third kappa shape index (κ3) is 7.83. The summed E-state index contributed by atoms with van der Waals surface area (Å²) in [5, 5.41) is 24.6. The smallest absolute Gasteiger partial charge is 0.0654 e. The average molecular weight is 441 g/mol. The summed E-state index contributed by atoms with van der Waals surface area (Å²) in [5.74, 6) is 1.34. The molecule has 2 aliphatic rings. The van der Waals surface area contributed by atoms with E-state index in [0.29, 0.717) is 18.3 Å². The number of rotatable bonds is 14. The number of fused-ring (bicyclic) bond motifs is 1. The second-order valence-corrected chi connectivity index (χ2v) is 10.3. The van der Waals surface area contributed by atoms with E-state index in [1.54, 1.807) is 5.57 Å². The maximum atomic E-state index is 10.6. The maximum absolute atomic E-state index is 10.6. The highest BCUT2D eigenvalue weighted by atomic mass is 16.3. The summed E-state index contributed by atoms with van der Waals surface area (Å²) in [6.07, 6.45) is 20.9. The number of aliphatic hydroxyl groups is 2. The molecule has 1 fully saturated rings. The Labute approximate surface area is 195 Å². The van der Waals surface area contributed by atoms with Crippen molar-refractivity contribution in [2.45, 2.75) is 96.3 Å². The van der Waals surface area contributed by atoms with Crippen LogP contribution in [-0.4, -0.2) is 33.4 Å². The lowest BCUT2D eigenvalue weighted by molar-refractivity contribution is 0.0513. The van der Waals surface area contributed by atoms with Crippen LogP contribution in [0.1, 0.15) is 83.6 Å². The standard InChI is InChI=1S/C28H44N2O2/c1-3-4-13-28(2,32)14-8-10-25-26-19-23(18-24(26)20-27(25)31)9-6-5-7-15-30-21-22-11-16-29-17-12-22/h8,10-12,16-18,24-27,30-32H,3-7,9,13-15,19-21H2,1-2H3/b10-8+/t24-,25+,26-,27+,28-/m0/s1. The van der Waals surface area contributed by atoms with E-state index >= 15 is 0 Å². The van der Waals surface area contributed by atoms with Crippen molar-refractivity contribution in [2.24, 2.45) is 17.8 Å². The van der Waals surface area contributed by atoms with Gasteiger partial charge in [-0.2, -0.15) is 0 Å². The Kier molecular flexibility index (Phi) is 9.95. The van der Waals surface area contributed by atoms with Crippen LogP contribution in [0.4, 0.5) is 0 Å². The zero-order valence-electron chi connectivity index (χ0n) is 20.2. The van der Waals surface area contributed by atoms with Gasteiger partial charge in [0.25, 0.3) is 0 Å². The molecule has 4 heteroatoms. The molecule has 0 bridgehead atoms. The molecule has 0 radical (unpaired) electrons. The van der Waals surface area contributed by atoms with Crippen LogP contribution in [0, 0.1) is 17.8 Å². The summed E-state index contributed by atoms with van der Waals surface area (Å²) in [6, 6.07) is 4.12. The SMILES string of the molecule is CCCC[C@](C)(O)C/C=C/[C@@H]1[C@H]2CC(CCCCCNCc3ccncc3)=C[C@H]2C[C@H]1O. The number of aromatic nitrogens is 1. The van der Waals surface area contributed by atoms with E-state index < -0.39 is 5.60 Å². The van der Waals surface area contributed by atoms with Gasteiger partial charge in [-0.15, -0.1) is 0 Å². The Bertz CT molecular complexity index is 728. The number of nitrogens with one attached hydrogen (secondary N) is 1. The molecule has 0 aromatic carbocycles. The fourth-order valence-corrected chi connectivity index (χ4v) is 5.44. The Hall–Kier alpha value is -1.49. The molecular formula is C28H44N2O2. The lowest BCUT2D eigenvalue weighted by Crippen LogP contribution is -2.23. The molecule has 4 nitrogen and oxygen atoms in total. The molecule has 0 amide bonds. The molecule has 178 valence electrons. The maximum Gasteiger partial charge on any atom is 0.0654 e. The van der Waals surface area contributed by atoms with Crippen LogP contribution in [0.3, 0.4) is 0 Å². The van der Waals surface area contributed by atoms with Gasteiger partial charge in [-0.05, 0) is 87.9 Å². The topological polar surface area (TPSA) is 65.4 Å². The van der Waals surface area contributed by atoms with E-state index in [1.165, 1.54) is 31.2 Å². The van der Waals surface area contributed by atoms with Crippen molar-refractivity contribution in [3.8, 4) is 0 Å². The molecule has 1 heterocycles. The zero-order chi connectivity index (χ0) is 22.8. The predicted octanol–water partition coefficient (Wildman–Crippen LogP) is 5.56. The van der Waals surface area contributed by atoms with Crippen molar-refractivity contribution in [1.82, 2.24) is 10.3 Å². The van der Waals surface area contributed by atoms with E-state index in [4.69, 9.17) is 0 Å². The summed E-state index contributed by atoms with van der Waals surface area (Å²) in [5.41, 5.74) is 2.27. The Balaban J connectivity index is 1.32. The lowest BCUT2D eigenvalue weighted by atomic mass is 9.87. The summed E-state index contributed by atoms with van der Waals surface area (Å²) in [4.78, 5) is 4.05. The number of nitrogens with zero attached hydrogens (tertiary/aromatic N) is 1. The van der Waals surface area contributed by atoms with Crippen LogP contribution >= 0.6 is 0 Å². The summed E-state index contributed by atoms with van der Waals surface area (Å²) >= 11 is 0. The summed E-state index contributed by atoms with van der Waals surface area (Å²) < 4.78 is 0. The first kappa shape index (κ1) is 25.1. The molecule has 0 unspecified atom stereocenters. The monoisotopic (exact) mass is 440 g/mol. The van der Waals surface area contributed by atoms with E-state index in [1.807, 2.05) is 19.3 Å². The van der Waals surface area contributed by atoms with Gasteiger partial charge < -0.3 is 15.5 Å². The Morgan fingerprint density at radius 2 is 2.00 bits per heavy atom. The molecular weight excluding hydrogens is 396 g/mol. The van der Waals surface area contributed by atoms with Gasteiger partial charge in [0.15, 0.2) is 0 Å².